The first-order valence-electron chi connectivity index (χ1n) is 7.65. The second kappa shape index (κ2) is 5.11. The Morgan fingerprint density at radius 1 is 1.29 bits per heavy atom. The molecule has 1 saturated carbocycles. The lowest BCUT2D eigenvalue weighted by Gasteiger charge is -2.52. The normalized spacial score (nSPS) is 31.0. The smallest absolute Gasteiger partial charge is 0.407 e. The number of hydrogen-bond donors (Lipinski definition) is 1. The summed E-state index contributed by atoms with van der Waals surface area (Å²) in [5.74, 6) is -0.939. The highest BCUT2D eigenvalue weighted by atomic mass is 16.4. The Labute approximate surface area is 125 Å². The number of ketones is 2. The molecule has 0 spiro atoms. The lowest BCUT2D eigenvalue weighted by molar-refractivity contribution is -0.145. The van der Waals surface area contributed by atoms with Crippen LogP contribution in [-0.4, -0.2) is 39.7 Å². The summed E-state index contributed by atoms with van der Waals surface area (Å²) in [6, 6.07) is 0. The van der Waals surface area contributed by atoms with Gasteiger partial charge < -0.3 is 10.0 Å². The van der Waals surface area contributed by atoms with Crippen LogP contribution in [0, 0.1) is 17.3 Å². The van der Waals surface area contributed by atoms with Gasteiger partial charge in [-0.15, -0.1) is 0 Å². The highest BCUT2D eigenvalue weighted by Gasteiger charge is 2.53. The van der Waals surface area contributed by atoms with Gasteiger partial charge in [-0.25, -0.2) is 4.79 Å². The molecule has 0 aromatic heterocycles. The van der Waals surface area contributed by atoms with Gasteiger partial charge in [-0.05, 0) is 25.2 Å². The summed E-state index contributed by atoms with van der Waals surface area (Å²) in [4.78, 5) is 37.8. The van der Waals surface area contributed by atoms with E-state index in [1.54, 1.807) is 0 Å². The van der Waals surface area contributed by atoms with Crippen LogP contribution in [0.15, 0.2) is 0 Å². The van der Waals surface area contributed by atoms with Crippen molar-refractivity contribution in [3.05, 3.63) is 0 Å². The van der Waals surface area contributed by atoms with Crippen LogP contribution in [0.1, 0.15) is 53.4 Å². The lowest BCUT2D eigenvalue weighted by atomic mass is 9.65. The zero-order chi connectivity index (χ0) is 16.0. The van der Waals surface area contributed by atoms with Crippen LogP contribution in [0.5, 0.6) is 0 Å². The maximum atomic E-state index is 12.5. The minimum Gasteiger partial charge on any atom is -0.465 e. The Morgan fingerprint density at radius 2 is 1.86 bits per heavy atom. The molecule has 118 valence electrons. The fraction of sp³-hybridized carbons (Fsp3) is 0.812. The van der Waals surface area contributed by atoms with Gasteiger partial charge in [0.25, 0.3) is 0 Å². The summed E-state index contributed by atoms with van der Waals surface area (Å²) in [6.45, 7) is 7.62. The van der Waals surface area contributed by atoms with Crippen LogP contribution >= 0.6 is 0 Å². The van der Waals surface area contributed by atoms with Crippen molar-refractivity contribution in [3.8, 4) is 0 Å². The molecule has 0 radical (unpaired) electrons. The van der Waals surface area contributed by atoms with Gasteiger partial charge in [0.05, 0.1) is 11.5 Å². The van der Waals surface area contributed by atoms with Crippen molar-refractivity contribution in [1.29, 1.82) is 0 Å². The summed E-state index contributed by atoms with van der Waals surface area (Å²) in [7, 11) is 0. The minimum atomic E-state index is -1.05. The zero-order valence-corrected chi connectivity index (χ0v) is 13.3. The first-order chi connectivity index (χ1) is 9.58. The molecular formula is C16H25NO4. The summed E-state index contributed by atoms with van der Waals surface area (Å²) in [6.07, 6.45) is 1.77. The molecule has 0 aromatic carbocycles. The molecule has 0 aromatic rings. The van der Waals surface area contributed by atoms with Crippen molar-refractivity contribution in [1.82, 2.24) is 4.90 Å². The van der Waals surface area contributed by atoms with Crippen molar-refractivity contribution >= 4 is 17.7 Å². The van der Waals surface area contributed by atoms with Gasteiger partial charge >= 0.3 is 6.09 Å². The molecule has 1 N–H and O–H groups in total. The van der Waals surface area contributed by atoms with Crippen LogP contribution in [-0.2, 0) is 9.59 Å². The largest absolute Gasteiger partial charge is 0.465 e. The van der Waals surface area contributed by atoms with E-state index >= 15 is 0 Å². The monoisotopic (exact) mass is 295 g/mol. The minimum absolute atomic E-state index is 0.0112. The highest BCUT2D eigenvalue weighted by Crippen LogP contribution is 2.43. The van der Waals surface area contributed by atoms with Gasteiger partial charge in [0.2, 0.25) is 0 Å². The van der Waals surface area contributed by atoms with E-state index < -0.39 is 17.6 Å². The number of carboxylic acid groups (broad SMARTS) is 1. The maximum Gasteiger partial charge on any atom is 0.407 e. The SMILES string of the molecule is CC(C)(C)C1(C)CC(=O)C(C(=O)C2CCC2)CN1C(=O)O. The van der Waals surface area contributed by atoms with E-state index in [9.17, 15) is 19.5 Å². The van der Waals surface area contributed by atoms with Crippen molar-refractivity contribution in [3.63, 3.8) is 0 Å². The predicted octanol–water partition coefficient (Wildman–Crippen LogP) is 2.73. The van der Waals surface area contributed by atoms with Crippen LogP contribution in [0.2, 0.25) is 0 Å². The van der Waals surface area contributed by atoms with E-state index in [2.05, 4.69) is 0 Å². The molecule has 5 heteroatoms. The molecule has 0 bridgehead atoms. The first-order valence-corrected chi connectivity index (χ1v) is 7.65. The third-order valence-corrected chi connectivity index (χ3v) is 5.57. The summed E-state index contributed by atoms with van der Waals surface area (Å²) < 4.78 is 0. The standard InChI is InChI=1S/C16H25NO4/c1-15(2,3)16(4)8-12(18)11(9-17(16)14(20)21)13(19)10-6-5-7-10/h10-11H,5-9H2,1-4H3,(H,20,21). The van der Waals surface area contributed by atoms with E-state index in [1.165, 1.54) is 4.90 Å². The van der Waals surface area contributed by atoms with Crippen molar-refractivity contribution < 1.29 is 19.5 Å². The van der Waals surface area contributed by atoms with E-state index in [0.717, 1.165) is 19.3 Å². The molecule has 2 aliphatic rings. The summed E-state index contributed by atoms with van der Waals surface area (Å²) in [5.41, 5.74) is -1.14. The molecule has 2 fully saturated rings. The van der Waals surface area contributed by atoms with Gasteiger partial charge in [0, 0.05) is 18.9 Å². The maximum absolute atomic E-state index is 12.5. The second-order valence-electron chi connectivity index (χ2n) is 7.64. The molecule has 2 atom stereocenters. The molecule has 21 heavy (non-hydrogen) atoms. The summed E-state index contributed by atoms with van der Waals surface area (Å²) >= 11 is 0. The van der Waals surface area contributed by atoms with E-state index in [1.807, 2.05) is 27.7 Å². The molecular weight excluding hydrogens is 270 g/mol. The van der Waals surface area contributed by atoms with E-state index in [4.69, 9.17) is 0 Å². The number of amides is 1. The fourth-order valence-corrected chi connectivity index (χ4v) is 3.23. The van der Waals surface area contributed by atoms with Crippen molar-refractivity contribution in [2.24, 2.45) is 17.3 Å². The third kappa shape index (κ3) is 2.58. The van der Waals surface area contributed by atoms with Crippen LogP contribution in [0.25, 0.3) is 0 Å². The Morgan fingerprint density at radius 3 is 2.24 bits per heavy atom. The zero-order valence-electron chi connectivity index (χ0n) is 13.3. The van der Waals surface area contributed by atoms with Crippen LogP contribution < -0.4 is 0 Å². The molecule has 1 saturated heterocycles. The molecule has 1 heterocycles. The topological polar surface area (TPSA) is 74.7 Å². The number of likely N-dealkylation sites (tertiary alicyclic amines) is 1. The number of carbonyl (C=O) groups is 3. The number of carbonyl (C=O) groups excluding carboxylic acids is 2. The average molecular weight is 295 g/mol. The number of piperidine rings is 1. The molecule has 2 rings (SSSR count). The van der Waals surface area contributed by atoms with Gasteiger partial charge in [0.15, 0.2) is 0 Å². The Balaban J connectivity index is 2.27. The Bertz CT molecular complexity index is 475. The molecule has 1 aliphatic heterocycles. The van der Waals surface area contributed by atoms with Crippen molar-refractivity contribution in [2.75, 3.05) is 6.54 Å². The first kappa shape index (κ1) is 16.0. The lowest BCUT2D eigenvalue weighted by Crippen LogP contribution is -2.64. The van der Waals surface area contributed by atoms with E-state index in [0.29, 0.717) is 0 Å². The number of Topliss-reactive ketones (excluding diaryl/α,β-unsaturated/α-hetero) is 2. The molecule has 1 aliphatic carbocycles. The number of hydrogen-bond acceptors (Lipinski definition) is 3. The quantitative estimate of drug-likeness (QED) is 0.795. The second-order valence-corrected chi connectivity index (χ2v) is 7.64. The van der Waals surface area contributed by atoms with Crippen molar-refractivity contribution in [2.45, 2.75) is 58.9 Å². The Hall–Kier alpha value is -1.39. The third-order valence-electron chi connectivity index (χ3n) is 5.57. The fourth-order valence-electron chi connectivity index (χ4n) is 3.23. The number of rotatable bonds is 2. The van der Waals surface area contributed by atoms with Crippen LogP contribution in [0.3, 0.4) is 0 Å². The average Bonchev–Trinajstić information content (AvgIpc) is 2.24. The Kier molecular flexibility index (Phi) is 3.89. The highest BCUT2D eigenvalue weighted by molar-refractivity contribution is 6.05. The molecule has 1 amide bonds. The predicted molar refractivity (Wildman–Crippen MR) is 78.1 cm³/mol. The van der Waals surface area contributed by atoms with Gasteiger partial charge in [-0.2, -0.15) is 0 Å². The van der Waals surface area contributed by atoms with Gasteiger partial charge in [-0.3, -0.25) is 9.59 Å². The van der Waals surface area contributed by atoms with Gasteiger partial charge in [-0.1, -0.05) is 27.2 Å². The summed E-state index contributed by atoms with van der Waals surface area (Å²) in [5, 5.41) is 9.54. The molecule has 2 unspecified atom stereocenters. The van der Waals surface area contributed by atoms with E-state index in [-0.39, 0.29) is 35.9 Å². The number of nitrogens with zero attached hydrogens (tertiary/aromatic N) is 1. The molecule has 5 nitrogen and oxygen atoms in total. The van der Waals surface area contributed by atoms with Gasteiger partial charge in [0.1, 0.15) is 11.6 Å². The van der Waals surface area contributed by atoms with Crippen LogP contribution in [0.4, 0.5) is 4.79 Å².